The van der Waals surface area contributed by atoms with Gasteiger partial charge in [-0.3, -0.25) is 14.7 Å². The summed E-state index contributed by atoms with van der Waals surface area (Å²) in [6.07, 6.45) is 3.39. The molecule has 2 fully saturated rings. The minimum atomic E-state index is 0. The van der Waals surface area contributed by atoms with Crippen LogP contribution in [0.1, 0.15) is 24.8 Å². The monoisotopic (exact) mass is 529 g/mol. The number of nitrogens with one attached hydrogen (secondary N) is 1. The molecule has 1 aliphatic heterocycles. The highest BCUT2D eigenvalue weighted by atomic mass is 127. The van der Waals surface area contributed by atoms with Gasteiger partial charge in [0.2, 0.25) is 5.91 Å². The molecule has 1 saturated heterocycles. The quantitative estimate of drug-likeness (QED) is 0.334. The van der Waals surface area contributed by atoms with E-state index in [1.54, 1.807) is 7.11 Å². The van der Waals surface area contributed by atoms with Crippen molar-refractivity contribution in [2.75, 3.05) is 60.5 Å². The highest BCUT2D eigenvalue weighted by Crippen LogP contribution is 2.28. The van der Waals surface area contributed by atoms with E-state index in [1.807, 2.05) is 32.3 Å². The van der Waals surface area contributed by atoms with E-state index >= 15 is 0 Å². The minimum Gasteiger partial charge on any atom is -0.496 e. The molecule has 0 spiro atoms. The second kappa shape index (κ2) is 12.3. The van der Waals surface area contributed by atoms with E-state index in [4.69, 9.17) is 4.74 Å². The summed E-state index contributed by atoms with van der Waals surface area (Å²) in [6.45, 7) is 6.14. The van der Waals surface area contributed by atoms with Gasteiger partial charge < -0.3 is 19.9 Å². The van der Waals surface area contributed by atoms with Crippen LogP contribution in [0.15, 0.2) is 29.3 Å². The first-order valence-electron chi connectivity index (χ1n) is 10.7. The normalized spacial score (nSPS) is 17.7. The maximum atomic E-state index is 12.4. The fraction of sp³-hybridized carbons (Fsp3) is 0.636. The molecule has 2 aliphatic rings. The molecule has 1 saturated carbocycles. The molecule has 7 nitrogen and oxygen atoms in total. The van der Waals surface area contributed by atoms with Crippen molar-refractivity contribution < 1.29 is 9.53 Å². The van der Waals surface area contributed by atoms with Gasteiger partial charge in [0.15, 0.2) is 5.96 Å². The zero-order chi connectivity index (χ0) is 20.6. The van der Waals surface area contributed by atoms with Crippen molar-refractivity contribution in [3.05, 3.63) is 29.8 Å². The molecule has 8 heteroatoms. The third kappa shape index (κ3) is 6.47. The van der Waals surface area contributed by atoms with Crippen LogP contribution in [0.5, 0.6) is 5.75 Å². The van der Waals surface area contributed by atoms with Crippen molar-refractivity contribution >= 4 is 35.8 Å². The molecular formula is C22H36IN5O2. The summed E-state index contributed by atoms with van der Waals surface area (Å²) in [7, 11) is 5.55. The van der Waals surface area contributed by atoms with Crippen LogP contribution in [0.25, 0.3) is 0 Å². The number of hydrogen-bond acceptors (Lipinski definition) is 4. The Bertz CT molecular complexity index is 703. The van der Waals surface area contributed by atoms with Crippen LogP contribution in [0.4, 0.5) is 0 Å². The SMILES string of the molecule is CN=C(NCCN1CCN(C(=O)C2CCC2)CC1)N(C)Cc1ccccc1OC.I. The van der Waals surface area contributed by atoms with Gasteiger partial charge >= 0.3 is 0 Å². The van der Waals surface area contributed by atoms with Crippen LogP contribution in [0, 0.1) is 5.92 Å². The van der Waals surface area contributed by atoms with Crippen molar-refractivity contribution in [2.45, 2.75) is 25.8 Å². The highest BCUT2D eigenvalue weighted by molar-refractivity contribution is 14.0. The number of methoxy groups -OCH3 is 1. The van der Waals surface area contributed by atoms with E-state index in [2.05, 4.69) is 31.1 Å². The summed E-state index contributed by atoms with van der Waals surface area (Å²) < 4.78 is 5.45. The lowest BCUT2D eigenvalue weighted by Gasteiger charge is -2.38. The van der Waals surface area contributed by atoms with Gasteiger partial charge in [-0.25, -0.2) is 0 Å². The summed E-state index contributed by atoms with van der Waals surface area (Å²) in [5.41, 5.74) is 1.13. The van der Waals surface area contributed by atoms with Crippen LogP contribution in [0.3, 0.4) is 0 Å². The van der Waals surface area contributed by atoms with Crippen LogP contribution in [-0.2, 0) is 11.3 Å². The number of para-hydroxylation sites is 1. The molecule has 30 heavy (non-hydrogen) atoms. The second-order valence-electron chi connectivity index (χ2n) is 7.94. The van der Waals surface area contributed by atoms with Gasteiger partial charge in [-0.15, -0.1) is 24.0 Å². The molecular weight excluding hydrogens is 493 g/mol. The summed E-state index contributed by atoms with van der Waals surface area (Å²) >= 11 is 0. The molecule has 0 atom stereocenters. The molecule has 1 amide bonds. The predicted molar refractivity (Wildman–Crippen MR) is 132 cm³/mol. The molecule has 1 aromatic carbocycles. The number of hydrogen-bond donors (Lipinski definition) is 1. The minimum absolute atomic E-state index is 0. The van der Waals surface area contributed by atoms with Gasteiger partial charge in [0.1, 0.15) is 5.75 Å². The van der Waals surface area contributed by atoms with E-state index in [-0.39, 0.29) is 24.0 Å². The lowest BCUT2D eigenvalue weighted by Crippen LogP contribution is -2.52. The Morgan fingerprint density at radius 3 is 2.53 bits per heavy atom. The van der Waals surface area contributed by atoms with Crippen molar-refractivity contribution in [2.24, 2.45) is 10.9 Å². The van der Waals surface area contributed by atoms with Gasteiger partial charge in [-0.05, 0) is 18.9 Å². The molecule has 168 valence electrons. The van der Waals surface area contributed by atoms with Gasteiger partial charge in [0, 0.05) is 71.4 Å². The van der Waals surface area contributed by atoms with E-state index in [0.717, 1.165) is 75.9 Å². The Morgan fingerprint density at radius 2 is 1.93 bits per heavy atom. The number of benzene rings is 1. The first-order valence-corrected chi connectivity index (χ1v) is 10.7. The Kier molecular flexibility index (Phi) is 10.2. The van der Waals surface area contributed by atoms with E-state index < -0.39 is 0 Å². The number of carbonyl (C=O) groups excluding carboxylic acids is 1. The molecule has 0 aromatic heterocycles. The number of guanidine groups is 1. The maximum Gasteiger partial charge on any atom is 0.225 e. The second-order valence-corrected chi connectivity index (χ2v) is 7.94. The smallest absolute Gasteiger partial charge is 0.225 e. The first-order chi connectivity index (χ1) is 14.1. The van der Waals surface area contributed by atoms with E-state index in [0.29, 0.717) is 11.8 Å². The van der Waals surface area contributed by atoms with E-state index in [9.17, 15) is 4.79 Å². The van der Waals surface area contributed by atoms with Gasteiger partial charge in [0.05, 0.1) is 7.11 Å². The average molecular weight is 529 g/mol. The number of halogens is 1. The molecule has 1 aromatic rings. The number of rotatable bonds is 7. The van der Waals surface area contributed by atoms with Crippen LogP contribution in [-0.4, -0.2) is 87.0 Å². The van der Waals surface area contributed by atoms with Crippen LogP contribution < -0.4 is 10.1 Å². The Hall–Kier alpha value is -1.55. The molecule has 0 bridgehead atoms. The Morgan fingerprint density at radius 1 is 1.23 bits per heavy atom. The number of nitrogens with zero attached hydrogens (tertiary/aromatic N) is 4. The fourth-order valence-electron chi connectivity index (χ4n) is 3.98. The standard InChI is InChI=1S/C22H35N5O2.HI/c1-23-22(25(2)17-19-7-4-5-10-20(19)29-3)24-11-12-26-13-15-27(16-14-26)21(28)18-8-6-9-18;/h4-5,7,10,18H,6,8-9,11-17H2,1-3H3,(H,23,24);1H. The topological polar surface area (TPSA) is 60.4 Å². The summed E-state index contributed by atoms with van der Waals surface area (Å²) in [5.74, 6) is 2.46. The molecule has 3 rings (SSSR count). The largest absolute Gasteiger partial charge is 0.496 e. The van der Waals surface area contributed by atoms with Crippen molar-refractivity contribution in [3.8, 4) is 5.75 Å². The fourth-order valence-corrected chi connectivity index (χ4v) is 3.98. The Labute approximate surface area is 197 Å². The summed E-state index contributed by atoms with van der Waals surface area (Å²) in [5, 5.41) is 3.46. The molecule has 1 aliphatic carbocycles. The Balaban J connectivity index is 0.00000320. The van der Waals surface area contributed by atoms with Crippen molar-refractivity contribution in [3.63, 3.8) is 0 Å². The van der Waals surface area contributed by atoms with Gasteiger partial charge in [-0.1, -0.05) is 24.6 Å². The van der Waals surface area contributed by atoms with Gasteiger partial charge in [0.25, 0.3) is 0 Å². The maximum absolute atomic E-state index is 12.4. The van der Waals surface area contributed by atoms with Gasteiger partial charge in [-0.2, -0.15) is 0 Å². The molecule has 0 unspecified atom stereocenters. The average Bonchev–Trinajstić information content (AvgIpc) is 2.70. The molecule has 1 N–H and O–H groups in total. The number of piperazine rings is 1. The number of carbonyl (C=O) groups is 1. The first kappa shape index (κ1) is 24.7. The summed E-state index contributed by atoms with van der Waals surface area (Å²) in [4.78, 5) is 23.4. The van der Waals surface area contributed by atoms with E-state index in [1.165, 1.54) is 6.42 Å². The number of ether oxygens (including phenoxy) is 1. The molecule has 1 heterocycles. The lowest BCUT2D eigenvalue weighted by atomic mass is 9.84. The molecule has 0 radical (unpaired) electrons. The van der Waals surface area contributed by atoms with Crippen LogP contribution in [0.2, 0.25) is 0 Å². The number of aliphatic imine (C=N–C) groups is 1. The third-order valence-electron chi connectivity index (χ3n) is 6.02. The van der Waals surface area contributed by atoms with Crippen molar-refractivity contribution in [1.29, 1.82) is 0 Å². The van der Waals surface area contributed by atoms with Crippen LogP contribution >= 0.6 is 24.0 Å². The van der Waals surface area contributed by atoms with Crippen molar-refractivity contribution in [1.82, 2.24) is 20.0 Å². The highest BCUT2D eigenvalue weighted by Gasteiger charge is 2.31. The lowest BCUT2D eigenvalue weighted by molar-refractivity contribution is -0.139. The third-order valence-corrected chi connectivity index (χ3v) is 6.02. The zero-order valence-corrected chi connectivity index (χ0v) is 20.8. The predicted octanol–water partition coefficient (Wildman–Crippen LogP) is 2.26. The zero-order valence-electron chi connectivity index (χ0n) is 18.5. The summed E-state index contributed by atoms with van der Waals surface area (Å²) in [6, 6.07) is 8.06. The number of amides is 1.